The van der Waals surface area contributed by atoms with Gasteiger partial charge in [-0.25, -0.2) is 0 Å². The third kappa shape index (κ3) is 5.33. The second kappa shape index (κ2) is 9.62. The monoisotopic (exact) mass is 475 g/mol. The predicted molar refractivity (Wildman–Crippen MR) is 127 cm³/mol. The lowest BCUT2D eigenvalue weighted by Gasteiger charge is -2.29. The standard InChI is InChI=1S/C26H29F3N2O3/c1-16(2)18-8-6-9-20(24(18)34-5)25(3,4)14-17(32)15-31(26(27,28)29)22-11-7-10-21-19(22)12-13-23(33)30-21/h6-13,15-17,32H,14H2,1-5H3/p+1. The number of pyridine rings is 1. The Balaban J connectivity index is 2.04. The van der Waals surface area contributed by atoms with Crippen molar-refractivity contribution in [3.63, 3.8) is 0 Å². The zero-order valence-electron chi connectivity index (χ0n) is 19.9. The molecule has 0 aliphatic rings. The minimum atomic E-state index is -4.79. The molecule has 0 saturated heterocycles. The van der Waals surface area contributed by atoms with Gasteiger partial charge in [0.15, 0.2) is 6.21 Å². The van der Waals surface area contributed by atoms with Gasteiger partial charge >= 0.3 is 6.30 Å². The third-order valence-corrected chi connectivity index (χ3v) is 5.92. The molecule has 0 spiro atoms. The van der Waals surface area contributed by atoms with E-state index >= 15 is 0 Å². The lowest BCUT2D eigenvalue weighted by atomic mass is 9.78. The maximum Gasteiger partial charge on any atom is 0.638 e. The molecule has 1 unspecified atom stereocenters. The van der Waals surface area contributed by atoms with E-state index in [9.17, 15) is 23.1 Å². The molecular formula is C26H30F3N2O3+. The van der Waals surface area contributed by atoms with Crippen LogP contribution in [0.3, 0.4) is 0 Å². The fraction of sp³-hybridized carbons (Fsp3) is 0.385. The van der Waals surface area contributed by atoms with Crippen molar-refractivity contribution in [1.82, 2.24) is 4.98 Å². The van der Waals surface area contributed by atoms with Crippen molar-refractivity contribution in [3.05, 3.63) is 70.0 Å². The molecule has 5 nitrogen and oxygen atoms in total. The molecule has 0 aliphatic heterocycles. The molecule has 0 amide bonds. The number of hydrogen-bond acceptors (Lipinski definition) is 3. The van der Waals surface area contributed by atoms with Crippen LogP contribution < -0.4 is 10.3 Å². The summed E-state index contributed by atoms with van der Waals surface area (Å²) in [5.41, 5.74) is 0.804. The average Bonchev–Trinajstić information content (AvgIpc) is 2.75. The summed E-state index contributed by atoms with van der Waals surface area (Å²) < 4.78 is 48.0. The van der Waals surface area contributed by atoms with Crippen LogP contribution in [0.5, 0.6) is 5.75 Å². The van der Waals surface area contributed by atoms with Gasteiger partial charge in [0, 0.05) is 17.7 Å². The van der Waals surface area contributed by atoms with E-state index in [0.717, 1.165) is 17.3 Å². The average molecular weight is 476 g/mol. The van der Waals surface area contributed by atoms with Crippen molar-refractivity contribution in [1.29, 1.82) is 0 Å². The first-order valence-electron chi connectivity index (χ1n) is 11.0. The number of para-hydroxylation sites is 1. The number of aromatic amines is 1. The number of ether oxygens (including phenoxy) is 1. The highest BCUT2D eigenvalue weighted by molar-refractivity contribution is 5.88. The Labute approximate surface area is 196 Å². The first kappa shape index (κ1) is 25.5. The number of aromatic nitrogens is 1. The summed E-state index contributed by atoms with van der Waals surface area (Å²) in [4.78, 5) is 14.1. The Bertz CT molecular complexity index is 1260. The lowest BCUT2D eigenvalue weighted by Crippen LogP contribution is -2.33. The molecule has 34 heavy (non-hydrogen) atoms. The van der Waals surface area contributed by atoms with Crippen LogP contribution in [0, 0.1) is 0 Å². The number of halogens is 3. The van der Waals surface area contributed by atoms with Gasteiger partial charge in [0.2, 0.25) is 11.2 Å². The number of aliphatic hydroxyl groups is 1. The molecule has 2 N–H and O–H groups in total. The van der Waals surface area contributed by atoms with E-state index in [1.807, 2.05) is 45.9 Å². The number of nitrogens with zero attached hydrogens (tertiary/aromatic N) is 1. The minimum absolute atomic E-state index is 0.0269. The second-order valence-electron chi connectivity index (χ2n) is 9.29. The molecule has 3 rings (SSSR count). The van der Waals surface area contributed by atoms with Gasteiger partial charge in [0.1, 0.15) is 11.9 Å². The fourth-order valence-electron chi connectivity index (χ4n) is 4.31. The van der Waals surface area contributed by atoms with Gasteiger partial charge in [0.05, 0.1) is 18.0 Å². The Hall–Kier alpha value is -3.13. The molecule has 8 heteroatoms. The van der Waals surface area contributed by atoms with Crippen molar-refractivity contribution < 1.29 is 27.6 Å². The molecule has 1 atom stereocenters. The van der Waals surface area contributed by atoms with Gasteiger partial charge < -0.3 is 14.8 Å². The smallest absolute Gasteiger partial charge is 0.496 e. The number of hydrogen-bond donors (Lipinski definition) is 2. The van der Waals surface area contributed by atoms with Crippen LogP contribution in [-0.2, 0) is 5.41 Å². The first-order valence-corrected chi connectivity index (χ1v) is 11.0. The van der Waals surface area contributed by atoms with Crippen LogP contribution >= 0.6 is 0 Å². The van der Waals surface area contributed by atoms with Crippen molar-refractivity contribution in [2.24, 2.45) is 0 Å². The van der Waals surface area contributed by atoms with E-state index in [1.54, 1.807) is 7.11 Å². The highest BCUT2D eigenvalue weighted by Crippen LogP contribution is 2.40. The SMILES string of the molecule is COc1c(C(C)C)cccc1C(C)(C)CC(O)C=[N+](c1cccc2[nH]c(=O)ccc12)C(F)(F)F. The van der Waals surface area contributed by atoms with Gasteiger partial charge in [0.25, 0.3) is 0 Å². The van der Waals surface area contributed by atoms with Gasteiger partial charge in [-0.15, -0.1) is 17.7 Å². The van der Waals surface area contributed by atoms with E-state index < -0.39 is 23.4 Å². The normalized spacial score (nSPS) is 14.0. The second-order valence-corrected chi connectivity index (χ2v) is 9.29. The van der Waals surface area contributed by atoms with E-state index in [1.165, 1.54) is 30.3 Å². The number of nitrogens with one attached hydrogen (secondary N) is 1. The maximum atomic E-state index is 14.1. The number of fused-ring (bicyclic) bond motifs is 1. The Kier molecular flexibility index (Phi) is 7.21. The lowest BCUT2D eigenvalue weighted by molar-refractivity contribution is -0.654. The van der Waals surface area contributed by atoms with Crippen LogP contribution in [0.2, 0.25) is 0 Å². The Morgan fingerprint density at radius 1 is 1.09 bits per heavy atom. The zero-order valence-corrected chi connectivity index (χ0v) is 19.9. The molecule has 1 heterocycles. The molecule has 0 fully saturated rings. The van der Waals surface area contributed by atoms with Crippen LogP contribution in [0.25, 0.3) is 10.9 Å². The Morgan fingerprint density at radius 2 is 1.76 bits per heavy atom. The number of benzene rings is 2. The summed E-state index contributed by atoms with van der Waals surface area (Å²) in [6.07, 6.45) is -5.40. The summed E-state index contributed by atoms with van der Waals surface area (Å²) in [6.45, 7) is 7.81. The summed E-state index contributed by atoms with van der Waals surface area (Å²) in [5.74, 6) is 0.876. The van der Waals surface area contributed by atoms with Gasteiger partial charge in [-0.3, -0.25) is 4.79 Å². The number of methoxy groups -OCH3 is 1. The first-order chi connectivity index (χ1) is 15.8. The third-order valence-electron chi connectivity index (χ3n) is 5.92. The van der Waals surface area contributed by atoms with Crippen molar-refractivity contribution >= 4 is 22.8 Å². The Morgan fingerprint density at radius 3 is 2.38 bits per heavy atom. The van der Waals surface area contributed by atoms with E-state index in [2.05, 4.69) is 4.98 Å². The molecule has 0 bridgehead atoms. The van der Waals surface area contributed by atoms with Gasteiger partial charge in [-0.05, 0) is 35.4 Å². The number of H-pyrrole nitrogens is 1. The highest BCUT2D eigenvalue weighted by Gasteiger charge is 2.46. The number of aliphatic hydroxyl groups excluding tert-OH is 1. The fourth-order valence-corrected chi connectivity index (χ4v) is 4.31. The largest absolute Gasteiger partial charge is 0.638 e. The zero-order chi connectivity index (χ0) is 25.3. The van der Waals surface area contributed by atoms with Crippen molar-refractivity contribution in [3.8, 4) is 5.75 Å². The van der Waals surface area contributed by atoms with Crippen molar-refractivity contribution in [2.75, 3.05) is 7.11 Å². The van der Waals surface area contributed by atoms with Crippen LogP contribution in [0.4, 0.5) is 18.9 Å². The molecule has 0 saturated carbocycles. The quantitative estimate of drug-likeness (QED) is 0.265. The molecule has 0 radical (unpaired) electrons. The summed E-state index contributed by atoms with van der Waals surface area (Å²) >= 11 is 0. The van der Waals surface area contributed by atoms with E-state index in [0.29, 0.717) is 5.75 Å². The molecule has 3 aromatic rings. The minimum Gasteiger partial charge on any atom is -0.496 e. The molecule has 182 valence electrons. The summed E-state index contributed by atoms with van der Waals surface area (Å²) in [7, 11) is 1.57. The van der Waals surface area contributed by atoms with E-state index in [4.69, 9.17) is 4.74 Å². The van der Waals surface area contributed by atoms with Crippen LogP contribution in [-0.4, -0.2) is 40.4 Å². The van der Waals surface area contributed by atoms with Crippen LogP contribution in [0.1, 0.15) is 51.2 Å². The highest BCUT2D eigenvalue weighted by atomic mass is 19.4. The van der Waals surface area contributed by atoms with Crippen LogP contribution in [0.15, 0.2) is 53.3 Å². The molecule has 1 aromatic heterocycles. The van der Waals surface area contributed by atoms with Gasteiger partial charge in [-0.1, -0.05) is 52.0 Å². The topological polar surface area (TPSA) is 65.3 Å². The maximum absolute atomic E-state index is 14.1. The predicted octanol–water partition coefficient (Wildman–Crippen LogP) is 5.62. The van der Waals surface area contributed by atoms with Gasteiger partial charge in [-0.2, -0.15) is 0 Å². The molecule has 0 aliphatic carbocycles. The van der Waals surface area contributed by atoms with Crippen molar-refractivity contribution in [2.45, 2.75) is 57.9 Å². The van der Waals surface area contributed by atoms with E-state index in [-0.39, 0.29) is 33.5 Å². The number of alkyl halides is 3. The number of rotatable bonds is 7. The summed E-state index contributed by atoms with van der Waals surface area (Å²) in [5, 5.41) is 11.0. The molecule has 2 aromatic carbocycles. The summed E-state index contributed by atoms with van der Waals surface area (Å²) in [6, 6.07) is 12.5. The molecular weight excluding hydrogens is 445 g/mol.